The predicted molar refractivity (Wildman–Crippen MR) is 307 cm³/mol. The maximum Gasteiger partial charge on any atom is 0.472 e. The second kappa shape index (κ2) is 56.4. The van der Waals surface area contributed by atoms with E-state index in [1.165, 1.54) is 148 Å². The summed E-state index contributed by atoms with van der Waals surface area (Å²) in [6, 6.07) is 0. The van der Waals surface area contributed by atoms with Crippen molar-refractivity contribution in [2.75, 3.05) is 26.4 Å². The number of phosphoric acid groups is 1. The molecular formula is C62H111O11P. The highest BCUT2D eigenvalue weighted by atomic mass is 31.2. The van der Waals surface area contributed by atoms with Gasteiger partial charge in [-0.15, -0.1) is 0 Å². The van der Waals surface area contributed by atoms with E-state index in [0.29, 0.717) is 19.3 Å². The topological polar surface area (TPSA) is 155 Å². The Morgan fingerprint density at radius 1 is 0.392 bits per heavy atom. The molecule has 0 aliphatic rings. The Hall–Kier alpha value is -2.82. The number of rotatable bonds is 56. The molecule has 0 saturated heterocycles. The molecule has 12 heteroatoms. The summed E-state index contributed by atoms with van der Waals surface area (Å²) in [4.78, 5) is 48.6. The molecule has 0 aromatic carbocycles. The maximum atomic E-state index is 12.9. The minimum atomic E-state index is -4.77. The van der Waals surface area contributed by atoms with E-state index in [4.69, 9.17) is 23.3 Å². The van der Waals surface area contributed by atoms with Crippen molar-refractivity contribution in [3.63, 3.8) is 0 Å². The zero-order valence-corrected chi connectivity index (χ0v) is 48.5. The number of phosphoric ester groups is 1. The van der Waals surface area contributed by atoms with E-state index in [1.807, 2.05) is 12.2 Å². The number of carbonyl (C=O) groups is 3. The van der Waals surface area contributed by atoms with E-state index in [2.05, 4.69) is 69.4 Å². The van der Waals surface area contributed by atoms with Crippen LogP contribution in [0.5, 0.6) is 0 Å². The molecule has 0 rings (SSSR count). The summed E-state index contributed by atoms with van der Waals surface area (Å²) in [5, 5.41) is 9.80. The first kappa shape index (κ1) is 71.2. The molecule has 0 radical (unpaired) electrons. The molecule has 0 heterocycles. The molecule has 74 heavy (non-hydrogen) atoms. The Morgan fingerprint density at radius 3 is 1.16 bits per heavy atom. The largest absolute Gasteiger partial charge is 0.472 e. The third kappa shape index (κ3) is 54.0. The van der Waals surface area contributed by atoms with Crippen LogP contribution in [-0.2, 0) is 42.2 Å². The molecule has 0 fully saturated rings. The first-order valence-electron chi connectivity index (χ1n) is 30.2. The van der Waals surface area contributed by atoms with Gasteiger partial charge in [0.25, 0.3) is 0 Å². The fourth-order valence-corrected chi connectivity index (χ4v) is 9.15. The highest BCUT2D eigenvalue weighted by Gasteiger charge is 2.28. The van der Waals surface area contributed by atoms with Crippen LogP contribution in [-0.4, -0.2) is 66.5 Å². The summed E-state index contributed by atoms with van der Waals surface area (Å²) in [7, 11) is -4.77. The van der Waals surface area contributed by atoms with Crippen LogP contribution in [0.15, 0.2) is 60.8 Å². The smallest absolute Gasteiger partial charge is 0.462 e. The predicted octanol–water partition coefficient (Wildman–Crippen LogP) is 17.9. The van der Waals surface area contributed by atoms with Crippen LogP contribution in [0.25, 0.3) is 0 Å². The molecule has 0 aliphatic carbocycles. The summed E-state index contributed by atoms with van der Waals surface area (Å²) < 4.78 is 39.5. The molecule has 0 aromatic rings. The lowest BCUT2D eigenvalue weighted by Gasteiger charge is -2.21. The Kier molecular flexibility index (Phi) is 54.2. The van der Waals surface area contributed by atoms with E-state index in [-0.39, 0.29) is 25.9 Å². The van der Waals surface area contributed by atoms with Gasteiger partial charge in [-0.1, -0.05) is 248 Å². The highest BCUT2D eigenvalue weighted by molar-refractivity contribution is 7.47. The minimum Gasteiger partial charge on any atom is -0.462 e. The van der Waals surface area contributed by atoms with Crippen molar-refractivity contribution in [2.45, 2.75) is 290 Å². The second-order valence-corrected chi connectivity index (χ2v) is 21.6. The molecule has 2 N–H and O–H groups in total. The number of allylic oxidation sites excluding steroid dienone is 10. The van der Waals surface area contributed by atoms with Gasteiger partial charge in [0, 0.05) is 19.3 Å². The lowest BCUT2D eigenvalue weighted by atomic mass is 10.0. The van der Waals surface area contributed by atoms with Crippen LogP contribution >= 0.6 is 7.82 Å². The Bertz CT molecular complexity index is 1470. The molecule has 0 saturated carbocycles. The molecule has 11 nitrogen and oxygen atoms in total. The van der Waals surface area contributed by atoms with Gasteiger partial charge in [-0.2, -0.15) is 0 Å². The number of hydrogen-bond donors (Lipinski definition) is 2. The summed E-state index contributed by atoms with van der Waals surface area (Å²) in [5.74, 6) is -1.54. The van der Waals surface area contributed by atoms with E-state index in [1.54, 1.807) is 0 Å². The van der Waals surface area contributed by atoms with Gasteiger partial charge in [0.05, 0.1) is 19.8 Å². The fourth-order valence-electron chi connectivity index (χ4n) is 8.37. The van der Waals surface area contributed by atoms with Crippen LogP contribution in [0.1, 0.15) is 278 Å². The minimum absolute atomic E-state index is 0.0565. The van der Waals surface area contributed by atoms with Crippen LogP contribution in [0, 0.1) is 0 Å². The lowest BCUT2D eigenvalue weighted by Crippen LogP contribution is -2.30. The van der Waals surface area contributed by atoms with Crippen molar-refractivity contribution in [1.82, 2.24) is 0 Å². The van der Waals surface area contributed by atoms with Crippen molar-refractivity contribution in [2.24, 2.45) is 0 Å². The van der Waals surface area contributed by atoms with Crippen LogP contribution in [0.4, 0.5) is 0 Å². The second-order valence-electron chi connectivity index (χ2n) is 20.1. The quantitative estimate of drug-likeness (QED) is 0.0197. The molecule has 0 bridgehead atoms. The van der Waals surface area contributed by atoms with Crippen molar-refractivity contribution < 1.29 is 52.2 Å². The number of carbonyl (C=O) groups excluding carboxylic acids is 3. The normalized spacial score (nSPS) is 13.7. The average Bonchev–Trinajstić information content (AvgIpc) is 3.39. The Balaban J connectivity index is 4.75. The summed E-state index contributed by atoms with van der Waals surface area (Å²) in [5.41, 5.74) is 0. The Morgan fingerprint density at radius 2 is 0.730 bits per heavy atom. The zero-order chi connectivity index (χ0) is 54.1. The van der Waals surface area contributed by atoms with E-state index in [0.717, 1.165) is 70.6 Å². The molecule has 0 aliphatic heterocycles. The Labute approximate surface area is 453 Å². The van der Waals surface area contributed by atoms with Gasteiger partial charge in [-0.05, 0) is 70.6 Å². The van der Waals surface area contributed by atoms with Crippen LogP contribution < -0.4 is 0 Å². The van der Waals surface area contributed by atoms with Gasteiger partial charge >= 0.3 is 25.7 Å². The number of ether oxygens (including phenoxy) is 3. The highest BCUT2D eigenvalue weighted by Crippen LogP contribution is 2.43. The van der Waals surface area contributed by atoms with Crippen molar-refractivity contribution in [3.8, 4) is 0 Å². The van der Waals surface area contributed by atoms with Crippen LogP contribution in [0.3, 0.4) is 0 Å². The van der Waals surface area contributed by atoms with Gasteiger partial charge < -0.3 is 24.2 Å². The summed E-state index contributed by atoms with van der Waals surface area (Å²) >= 11 is 0. The number of unbranched alkanes of at least 4 members (excludes halogenated alkanes) is 29. The molecule has 430 valence electrons. The van der Waals surface area contributed by atoms with Crippen molar-refractivity contribution in [1.29, 1.82) is 0 Å². The van der Waals surface area contributed by atoms with Gasteiger partial charge in [-0.3, -0.25) is 23.4 Å². The first-order valence-corrected chi connectivity index (χ1v) is 31.7. The van der Waals surface area contributed by atoms with E-state index in [9.17, 15) is 28.9 Å². The molecule has 0 spiro atoms. The monoisotopic (exact) mass is 1060 g/mol. The maximum absolute atomic E-state index is 12.9. The summed E-state index contributed by atoms with van der Waals surface area (Å²) in [6.07, 6.45) is 62.0. The number of aliphatic hydroxyl groups is 1. The summed E-state index contributed by atoms with van der Waals surface area (Å²) in [6.45, 7) is 4.48. The number of hydrogen-bond acceptors (Lipinski definition) is 10. The number of aliphatic hydroxyl groups excluding tert-OH is 1. The third-order valence-electron chi connectivity index (χ3n) is 12.9. The molecular weight excluding hydrogens is 952 g/mol. The zero-order valence-electron chi connectivity index (χ0n) is 47.6. The SMILES string of the molecule is CC/C=C\C/C=C\C/C=C\C/C=C\CCC(=O)OC(CO)COP(=O)(O)OCC(COC(=O)CCCCCCCCC/C=C\CCCCCCCC)OC(=O)CCCCCCCCCCCCCCCCCCC. The molecule has 3 unspecified atom stereocenters. The average molecular weight is 1060 g/mol. The standard InChI is InChI=1S/C62H111O11P/c1-4-7-10-13-16-19-22-25-27-29-31-34-36-39-42-45-48-51-60(64)69-55-59(73-62(66)53-50-47-44-41-38-35-32-30-28-26-23-20-17-14-11-8-5-2)57-71-74(67,68)70-56-58(54-63)72-61(65)52-49-46-43-40-37-33-24-21-18-15-12-9-6-3/h9,12,18,21,25,27,33,37,43,46,58-59,63H,4-8,10-11,13-17,19-20,22-24,26,28-32,34-36,38-42,44-45,47-57H2,1-3H3,(H,67,68)/b12-9-,21-18-,27-25-,37-33-,46-43-. The molecule has 0 amide bonds. The molecule has 0 aromatic heterocycles. The fraction of sp³-hybridized carbons (Fsp3) is 0.790. The van der Waals surface area contributed by atoms with Crippen molar-refractivity contribution in [3.05, 3.63) is 60.8 Å². The lowest BCUT2D eigenvalue weighted by molar-refractivity contribution is -0.161. The van der Waals surface area contributed by atoms with Crippen molar-refractivity contribution >= 4 is 25.7 Å². The van der Waals surface area contributed by atoms with Gasteiger partial charge in [-0.25, -0.2) is 4.57 Å². The van der Waals surface area contributed by atoms with Crippen LogP contribution in [0.2, 0.25) is 0 Å². The van der Waals surface area contributed by atoms with E-state index >= 15 is 0 Å². The van der Waals surface area contributed by atoms with Gasteiger partial charge in [0.15, 0.2) is 6.10 Å². The van der Waals surface area contributed by atoms with E-state index < -0.39 is 57.8 Å². The third-order valence-corrected chi connectivity index (χ3v) is 13.9. The van der Waals surface area contributed by atoms with Gasteiger partial charge in [0.1, 0.15) is 12.7 Å². The first-order chi connectivity index (χ1) is 36.2. The van der Waals surface area contributed by atoms with Gasteiger partial charge in [0.2, 0.25) is 0 Å². The molecule has 3 atom stereocenters. The number of esters is 3.